The number of nitrogens with zero attached hydrogens (tertiary/aromatic N) is 1. The maximum atomic E-state index is 13.1. The van der Waals surface area contributed by atoms with Gasteiger partial charge in [-0.15, -0.1) is 11.3 Å². The van der Waals surface area contributed by atoms with E-state index in [4.69, 9.17) is 10.5 Å². The number of fused-ring (bicyclic) bond motifs is 2. The molecule has 0 radical (unpaired) electrons. The lowest BCUT2D eigenvalue weighted by atomic mass is 9.92. The molecule has 0 fully saturated rings. The maximum absolute atomic E-state index is 13.1. The van der Waals surface area contributed by atoms with Gasteiger partial charge in [0.1, 0.15) is 16.8 Å². The van der Waals surface area contributed by atoms with E-state index in [1.54, 1.807) is 19.2 Å². The normalized spacial score (nSPS) is 15.0. The lowest BCUT2D eigenvalue weighted by Gasteiger charge is -2.25. The van der Waals surface area contributed by atoms with Gasteiger partial charge in [-0.2, -0.15) is 5.26 Å². The van der Waals surface area contributed by atoms with Crippen LogP contribution in [0, 0.1) is 11.3 Å². The number of benzene rings is 3. The summed E-state index contributed by atoms with van der Waals surface area (Å²) in [5.74, 6) is 0.491. The van der Waals surface area contributed by atoms with E-state index < -0.39 is 0 Å². The van der Waals surface area contributed by atoms with Gasteiger partial charge in [-0.05, 0) is 40.5 Å². The summed E-state index contributed by atoms with van der Waals surface area (Å²) in [6, 6.07) is 21.4. The molecule has 1 atom stereocenters. The smallest absolute Gasteiger partial charge is 0.256 e. The second-order valence-electron chi connectivity index (χ2n) is 7.93. The van der Waals surface area contributed by atoms with Crippen LogP contribution in [-0.2, 0) is 13.0 Å². The molecule has 1 aliphatic heterocycles. The summed E-state index contributed by atoms with van der Waals surface area (Å²) < 4.78 is 5.25. The van der Waals surface area contributed by atoms with Gasteiger partial charge >= 0.3 is 0 Å². The van der Waals surface area contributed by atoms with Crippen molar-refractivity contribution in [3.8, 4) is 11.8 Å². The Morgan fingerprint density at radius 2 is 2.03 bits per heavy atom. The van der Waals surface area contributed by atoms with Crippen molar-refractivity contribution >= 4 is 38.7 Å². The lowest BCUT2D eigenvalue weighted by Crippen LogP contribution is -2.28. The van der Waals surface area contributed by atoms with Gasteiger partial charge in [-0.3, -0.25) is 4.79 Å². The summed E-state index contributed by atoms with van der Waals surface area (Å²) in [6.45, 7) is 0.606. The van der Waals surface area contributed by atoms with E-state index in [9.17, 15) is 10.1 Å². The summed E-state index contributed by atoms with van der Waals surface area (Å²) in [5, 5.41) is 18.9. The highest BCUT2D eigenvalue weighted by atomic mass is 32.1. The number of hydrogen-bond acceptors (Lipinski definition) is 6. The van der Waals surface area contributed by atoms with Crippen LogP contribution in [0.1, 0.15) is 38.0 Å². The van der Waals surface area contributed by atoms with E-state index in [1.165, 1.54) is 11.3 Å². The van der Waals surface area contributed by atoms with Crippen molar-refractivity contribution < 1.29 is 9.53 Å². The number of carbonyl (C=O) groups is 1. The summed E-state index contributed by atoms with van der Waals surface area (Å²) in [5.41, 5.74) is 9.96. The predicted octanol–water partition coefficient (Wildman–Crippen LogP) is 5.00. The molecule has 1 amide bonds. The third kappa shape index (κ3) is 3.80. The first kappa shape index (κ1) is 21.0. The Bertz CT molecular complexity index is 1410. The molecular weight excluding hydrogens is 432 g/mol. The molecule has 4 N–H and O–H groups in total. The molecule has 164 valence electrons. The zero-order valence-corrected chi connectivity index (χ0v) is 18.8. The minimum atomic E-state index is -0.217. The number of ether oxygens (including phenoxy) is 1. The van der Waals surface area contributed by atoms with Crippen molar-refractivity contribution in [1.29, 1.82) is 5.26 Å². The first-order valence-corrected chi connectivity index (χ1v) is 11.4. The molecule has 5 rings (SSSR count). The number of anilines is 2. The Labute approximate surface area is 195 Å². The third-order valence-corrected chi connectivity index (χ3v) is 7.20. The standard InChI is InChI=1S/C26H22N4O2S/c1-32-16-9-10-19(22(28)11-16)23-12-20-21(13-27)26(33-24(20)14-29-23)30-25(31)18-8-4-6-15-5-2-3-7-17(15)18/h2-11,23,29H,12,14,28H2,1H3,(H,30,31). The van der Waals surface area contributed by atoms with E-state index in [1.807, 2.05) is 48.5 Å². The van der Waals surface area contributed by atoms with E-state index in [-0.39, 0.29) is 11.9 Å². The summed E-state index contributed by atoms with van der Waals surface area (Å²) in [7, 11) is 1.61. The molecule has 1 aliphatic rings. The number of thiophene rings is 1. The van der Waals surface area contributed by atoms with E-state index in [0.717, 1.165) is 26.8 Å². The Morgan fingerprint density at radius 3 is 2.82 bits per heavy atom. The molecule has 33 heavy (non-hydrogen) atoms. The van der Waals surface area contributed by atoms with Crippen LogP contribution in [0.4, 0.5) is 10.7 Å². The molecule has 3 aromatic carbocycles. The highest BCUT2D eigenvalue weighted by Crippen LogP contribution is 2.40. The van der Waals surface area contributed by atoms with Crippen molar-refractivity contribution in [1.82, 2.24) is 5.32 Å². The third-order valence-electron chi connectivity index (χ3n) is 6.05. The molecule has 0 bridgehead atoms. The number of nitriles is 1. The fourth-order valence-electron chi connectivity index (χ4n) is 4.38. The molecule has 1 aromatic heterocycles. The molecule has 0 spiro atoms. The molecule has 2 heterocycles. The van der Waals surface area contributed by atoms with E-state index >= 15 is 0 Å². The molecule has 1 unspecified atom stereocenters. The molecule has 0 aliphatic carbocycles. The molecule has 7 heteroatoms. The SMILES string of the molecule is COc1ccc(C2Cc3c(sc(NC(=O)c4cccc5ccccc45)c3C#N)CN2)c(N)c1. The Morgan fingerprint density at radius 1 is 1.21 bits per heavy atom. The quantitative estimate of drug-likeness (QED) is 0.377. The van der Waals surface area contributed by atoms with Crippen molar-refractivity contribution in [2.24, 2.45) is 0 Å². The van der Waals surface area contributed by atoms with Gasteiger partial charge in [0.2, 0.25) is 0 Å². The molecular formula is C26H22N4O2S. The van der Waals surface area contributed by atoms with Crippen LogP contribution in [0.3, 0.4) is 0 Å². The predicted molar refractivity (Wildman–Crippen MR) is 132 cm³/mol. The highest BCUT2D eigenvalue weighted by Gasteiger charge is 2.28. The van der Waals surface area contributed by atoms with Crippen molar-refractivity contribution in [2.75, 3.05) is 18.2 Å². The summed E-state index contributed by atoms with van der Waals surface area (Å²) in [6.07, 6.45) is 0.620. The van der Waals surface area contributed by atoms with E-state index in [2.05, 4.69) is 16.7 Å². The van der Waals surface area contributed by atoms with Crippen LogP contribution in [0.2, 0.25) is 0 Å². The number of methoxy groups -OCH3 is 1. The van der Waals surface area contributed by atoms with Crippen LogP contribution in [0.5, 0.6) is 5.75 Å². The second kappa shape index (κ2) is 8.58. The fourth-order valence-corrected chi connectivity index (χ4v) is 5.51. The monoisotopic (exact) mass is 454 g/mol. The minimum Gasteiger partial charge on any atom is -0.497 e. The van der Waals surface area contributed by atoms with Gasteiger partial charge in [-0.1, -0.05) is 42.5 Å². The van der Waals surface area contributed by atoms with Crippen LogP contribution in [-0.4, -0.2) is 13.0 Å². The zero-order valence-electron chi connectivity index (χ0n) is 18.0. The van der Waals surface area contributed by atoms with Gasteiger partial charge in [0, 0.05) is 34.8 Å². The summed E-state index contributed by atoms with van der Waals surface area (Å²) in [4.78, 5) is 14.2. The largest absolute Gasteiger partial charge is 0.497 e. The minimum absolute atomic E-state index is 0.0216. The average Bonchev–Trinajstić information content (AvgIpc) is 3.19. The van der Waals surface area contributed by atoms with Gasteiger partial charge in [0.15, 0.2) is 0 Å². The number of nitrogen functional groups attached to an aromatic ring is 1. The topological polar surface area (TPSA) is 100 Å². The van der Waals surface area contributed by atoms with E-state index in [0.29, 0.717) is 40.5 Å². The summed E-state index contributed by atoms with van der Waals surface area (Å²) >= 11 is 1.45. The van der Waals surface area contributed by atoms with Gasteiger partial charge in [-0.25, -0.2) is 0 Å². The van der Waals surface area contributed by atoms with Crippen molar-refractivity contribution in [2.45, 2.75) is 19.0 Å². The van der Waals surface area contributed by atoms with Gasteiger partial charge in [0.05, 0.1) is 12.7 Å². The van der Waals surface area contributed by atoms with Gasteiger partial charge < -0.3 is 21.1 Å². The van der Waals surface area contributed by atoms with Crippen molar-refractivity contribution in [3.63, 3.8) is 0 Å². The molecule has 6 nitrogen and oxygen atoms in total. The zero-order chi connectivity index (χ0) is 22.9. The average molecular weight is 455 g/mol. The Kier molecular flexibility index (Phi) is 5.47. The molecule has 4 aromatic rings. The van der Waals surface area contributed by atoms with Crippen molar-refractivity contribution in [3.05, 3.63) is 87.8 Å². The highest BCUT2D eigenvalue weighted by molar-refractivity contribution is 7.16. The number of nitrogens with one attached hydrogen (secondary N) is 2. The van der Waals surface area contributed by atoms with Crippen LogP contribution < -0.4 is 21.1 Å². The second-order valence-corrected chi connectivity index (χ2v) is 9.04. The lowest BCUT2D eigenvalue weighted by molar-refractivity contribution is 0.102. The maximum Gasteiger partial charge on any atom is 0.256 e. The Hall–Kier alpha value is -3.86. The molecule has 0 saturated heterocycles. The number of carbonyl (C=O) groups excluding carboxylic acids is 1. The number of rotatable bonds is 4. The number of nitrogens with two attached hydrogens (primary N) is 1. The number of hydrogen-bond donors (Lipinski definition) is 3. The molecule has 0 saturated carbocycles. The Balaban J connectivity index is 1.44. The fraction of sp³-hybridized carbons (Fsp3) is 0.154. The van der Waals surface area contributed by atoms with Crippen LogP contribution in [0.15, 0.2) is 60.7 Å². The van der Waals surface area contributed by atoms with Gasteiger partial charge in [0.25, 0.3) is 5.91 Å². The first-order chi connectivity index (χ1) is 16.1. The first-order valence-electron chi connectivity index (χ1n) is 10.6. The number of amides is 1. The van der Waals surface area contributed by atoms with Crippen LogP contribution in [0.25, 0.3) is 10.8 Å². The van der Waals surface area contributed by atoms with Crippen LogP contribution >= 0.6 is 11.3 Å².